The van der Waals surface area contributed by atoms with E-state index >= 15 is 0 Å². The summed E-state index contributed by atoms with van der Waals surface area (Å²) in [6, 6.07) is 13.2. The Morgan fingerprint density at radius 1 is 1.14 bits per heavy atom. The highest BCUT2D eigenvalue weighted by Crippen LogP contribution is 2.17. The number of nitrogens with zero attached hydrogens (tertiary/aromatic N) is 5. The molecule has 10 heteroatoms. The minimum Gasteiger partial charge on any atom is -0.386 e. The van der Waals surface area contributed by atoms with Crippen LogP contribution in [0, 0.1) is 6.92 Å². The van der Waals surface area contributed by atoms with E-state index in [1.54, 1.807) is 18.3 Å². The number of hydrogen-bond donors (Lipinski definition) is 1. The third kappa shape index (κ3) is 3.76. The van der Waals surface area contributed by atoms with Crippen LogP contribution in [0.5, 0.6) is 0 Å². The van der Waals surface area contributed by atoms with E-state index in [0.29, 0.717) is 17.9 Å². The molecule has 1 N–H and O–H groups in total. The summed E-state index contributed by atoms with van der Waals surface area (Å²) in [5, 5.41) is 17.5. The fourth-order valence-electron chi connectivity index (χ4n) is 2.55. The van der Waals surface area contributed by atoms with Crippen LogP contribution in [0.4, 0.5) is 0 Å². The van der Waals surface area contributed by atoms with E-state index in [0.717, 1.165) is 15.2 Å². The Morgan fingerprint density at radius 2 is 1.96 bits per heavy atom. The molecule has 0 atom stereocenters. The third-order valence-corrected chi connectivity index (χ3v) is 4.79. The SMILES string of the molecule is Cc1nn(-c2ccccc2)nc1-c1nn(CC(=O)NCc2cccs2)c(=O)o1. The summed E-state index contributed by atoms with van der Waals surface area (Å²) in [6.07, 6.45) is 0. The first-order valence-electron chi connectivity index (χ1n) is 8.47. The largest absolute Gasteiger partial charge is 0.437 e. The number of thiophene rings is 1. The van der Waals surface area contributed by atoms with E-state index in [1.165, 1.54) is 4.80 Å². The van der Waals surface area contributed by atoms with Crippen molar-refractivity contribution in [3.63, 3.8) is 0 Å². The summed E-state index contributed by atoms with van der Waals surface area (Å²) in [6.45, 7) is 1.91. The molecule has 0 aliphatic rings. The van der Waals surface area contributed by atoms with Gasteiger partial charge in [0.05, 0.1) is 17.9 Å². The molecule has 142 valence electrons. The van der Waals surface area contributed by atoms with Crippen LogP contribution in [0.2, 0.25) is 0 Å². The highest BCUT2D eigenvalue weighted by Gasteiger charge is 2.19. The minimum atomic E-state index is -0.727. The van der Waals surface area contributed by atoms with Crippen molar-refractivity contribution in [2.45, 2.75) is 20.0 Å². The lowest BCUT2D eigenvalue weighted by molar-refractivity contribution is -0.122. The van der Waals surface area contributed by atoms with Crippen LogP contribution in [0.25, 0.3) is 17.3 Å². The maximum atomic E-state index is 12.1. The molecular weight excluding hydrogens is 380 g/mol. The van der Waals surface area contributed by atoms with Crippen molar-refractivity contribution in [2.24, 2.45) is 0 Å². The molecule has 9 nitrogen and oxygen atoms in total. The molecule has 0 saturated carbocycles. The molecule has 0 bridgehead atoms. The average Bonchev–Trinajstić information content (AvgIpc) is 3.42. The number of carbonyl (C=O) groups is 1. The number of aromatic nitrogens is 5. The van der Waals surface area contributed by atoms with Crippen molar-refractivity contribution in [3.8, 4) is 17.3 Å². The van der Waals surface area contributed by atoms with Crippen LogP contribution in [-0.4, -0.2) is 30.7 Å². The predicted molar refractivity (Wildman–Crippen MR) is 102 cm³/mol. The number of nitrogens with one attached hydrogen (secondary N) is 1. The highest BCUT2D eigenvalue weighted by atomic mass is 32.1. The summed E-state index contributed by atoms with van der Waals surface area (Å²) in [5.74, 6) is -1.04. The standard InChI is InChI=1S/C18H16N6O3S/c1-12-16(21-24(20-12)13-6-3-2-4-7-13)17-22-23(18(26)27-17)11-15(25)19-10-14-8-5-9-28-14/h2-9H,10-11H2,1H3,(H,19,25). The molecule has 0 aliphatic heterocycles. The van der Waals surface area contributed by atoms with Crippen molar-refractivity contribution in [1.29, 1.82) is 0 Å². The normalized spacial score (nSPS) is 10.9. The van der Waals surface area contributed by atoms with Gasteiger partial charge < -0.3 is 9.73 Å². The van der Waals surface area contributed by atoms with Gasteiger partial charge in [-0.25, -0.2) is 4.79 Å². The van der Waals surface area contributed by atoms with Gasteiger partial charge in [0.2, 0.25) is 5.91 Å². The number of hydrogen-bond acceptors (Lipinski definition) is 7. The van der Waals surface area contributed by atoms with Crippen LogP contribution in [-0.2, 0) is 17.9 Å². The first-order valence-corrected chi connectivity index (χ1v) is 9.35. The fraction of sp³-hybridized carbons (Fsp3) is 0.167. The summed E-state index contributed by atoms with van der Waals surface area (Å²) in [4.78, 5) is 26.6. The Labute approximate surface area is 163 Å². The minimum absolute atomic E-state index is 0.0238. The molecule has 1 amide bonds. The van der Waals surface area contributed by atoms with Crippen molar-refractivity contribution >= 4 is 17.2 Å². The zero-order valence-electron chi connectivity index (χ0n) is 14.9. The zero-order chi connectivity index (χ0) is 19.5. The van der Waals surface area contributed by atoms with Gasteiger partial charge in [-0.1, -0.05) is 24.3 Å². The summed E-state index contributed by atoms with van der Waals surface area (Å²) < 4.78 is 6.16. The number of rotatable bonds is 6. The first-order chi connectivity index (χ1) is 13.6. The molecule has 0 radical (unpaired) electrons. The molecule has 3 aromatic heterocycles. The van der Waals surface area contributed by atoms with E-state index in [1.807, 2.05) is 47.8 Å². The molecule has 0 fully saturated rings. The highest BCUT2D eigenvalue weighted by molar-refractivity contribution is 7.09. The average molecular weight is 396 g/mol. The maximum absolute atomic E-state index is 12.1. The number of amides is 1. The van der Waals surface area contributed by atoms with Crippen LogP contribution >= 0.6 is 11.3 Å². The fourth-order valence-corrected chi connectivity index (χ4v) is 3.19. The Morgan fingerprint density at radius 3 is 2.71 bits per heavy atom. The Hall–Kier alpha value is -3.53. The van der Waals surface area contributed by atoms with Gasteiger partial charge in [0.1, 0.15) is 6.54 Å². The van der Waals surface area contributed by atoms with E-state index in [-0.39, 0.29) is 18.3 Å². The lowest BCUT2D eigenvalue weighted by Crippen LogP contribution is -2.30. The van der Waals surface area contributed by atoms with Gasteiger partial charge in [0.15, 0.2) is 5.69 Å². The van der Waals surface area contributed by atoms with E-state index < -0.39 is 5.76 Å². The number of carbonyl (C=O) groups excluding carboxylic acids is 1. The van der Waals surface area contributed by atoms with Gasteiger partial charge in [0, 0.05) is 4.88 Å². The first kappa shape index (κ1) is 17.9. The maximum Gasteiger partial charge on any atom is 0.437 e. The zero-order valence-corrected chi connectivity index (χ0v) is 15.7. The number of para-hydroxylation sites is 1. The Bertz CT molecular complexity index is 1140. The van der Waals surface area contributed by atoms with Gasteiger partial charge >= 0.3 is 5.76 Å². The van der Waals surface area contributed by atoms with E-state index in [2.05, 4.69) is 20.6 Å². The number of benzene rings is 1. The van der Waals surface area contributed by atoms with Crippen molar-refractivity contribution < 1.29 is 9.21 Å². The lowest BCUT2D eigenvalue weighted by atomic mass is 10.3. The molecule has 1 aromatic carbocycles. The van der Waals surface area contributed by atoms with Gasteiger partial charge in [-0.2, -0.15) is 14.6 Å². The Balaban J connectivity index is 1.51. The monoisotopic (exact) mass is 396 g/mol. The second-order valence-electron chi connectivity index (χ2n) is 5.95. The quantitative estimate of drug-likeness (QED) is 0.532. The molecule has 0 unspecified atom stereocenters. The molecule has 0 saturated heterocycles. The molecule has 28 heavy (non-hydrogen) atoms. The van der Waals surface area contributed by atoms with Gasteiger partial charge in [-0.05, 0) is 30.5 Å². The van der Waals surface area contributed by atoms with Crippen LogP contribution < -0.4 is 11.1 Å². The molecule has 0 spiro atoms. The molecule has 4 rings (SSSR count). The second-order valence-corrected chi connectivity index (χ2v) is 6.98. The second kappa shape index (κ2) is 7.61. The van der Waals surface area contributed by atoms with Crippen LogP contribution in [0.15, 0.2) is 57.1 Å². The van der Waals surface area contributed by atoms with Gasteiger partial charge in [-0.15, -0.1) is 21.5 Å². The summed E-state index contributed by atoms with van der Waals surface area (Å²) in [7, 11) is 0. The van der Waals surface area contributed by atoms with Crippen molar-refractivity contribution in [1.82, 2.24) is 30.1 Å². The summed E-state index contributed by atoms with van der Waals surface area (Å²) >= 11 is 1.54. The van der Waals surface area contributed by atoms with Crippen LogP contribution in [0.3, 0.4) is 0 Å². The lowest BCUT2D eigenvalue weighted by Gasteiger charge is -2.02. The Kier molecular flexibility index (Phi) is 4.85. The summed E-state index contributed by atoms with van der Waals surface area (Å²) in [5.41, 5.74) is 1.67. The molecule has 4 aromatic rings. The topological polar surface area (TPSA) is 108 Å². The molecule has 0 aliphatic carbocycles. The van der Waals surface area contributed by atoms with Crippen molar-refractivity contribution in [3.05, 3.63) is 69.0 Å². The van der Waals surface area contributed by atoms with Gasteiger partial charge in [-0.3, -0.25) is 4.79 Å². The molecular formula is C18H16N6O3S. The number of aryl methyl sites for hydroxylation is 1. The van der Waals surface area contributed by atoms with Crippen LogP contribution in [0.1, 0.15) is 10.6 Å². The third-order valence-electron chi connectivity index (χ3n) is 3.91. The van der Waals surface area contributed by atoms with Gasteiger partial charge in [0.25, 0.3) is 5.89 Å². The van der Waals surface area contributed by atoms with Crippen molar-refractivity contribution in [2.75, 3.05) is 0 Å². The van der Waals surface area contributed by atoms with E-state index in [9.17, 15) is 9.59 Å². The molecule has 3 heterocycles. The predicted octanol–water partition coefficient (Wildman–Crippen LogP) is 1.77. The van der Waals surface area contributed by atoms with E-state index in [4.69, 9.17) is 4.42 Å². The smallest absolute Gasteiger partial charge is 0.386 e.